The summed E-state index contributed by atoms with van der Waals surface area (Å²) >= 11 is 2.08. The number of hydrogen-bond donors (Lipinski definition) is 0. The Bertz CT molecular complexity index is 461. The van der Waals surface area contributed by atoms with E-state index in [0.29, 0.717) is 0 Å². The van der Waals surface area contributed by atoms with Crippen molar-refractivity contribution in [3.8, 4) is 11.8 Å². The molecule has 0 radical (unpaired) electrons. The highest BCUT2D eigenvalue weighted by atomic mass is 127. The molecule has 15 heavy (non-hydrogen) atoms. The van der Waals surface area contributed by atoms with Crippen LogP contribution >= 0.6 is 22.6 Å². The maximum Gasteiger partial charge on any atom is 0.322 e. The Morgan fingerprint density at radius 1 is 1.13 bits per heavy atom. The van der Waals surface area contributed by atoms with Crippen LogP contribution in [0.4, 0.5) is 4.39 Å². The summed E-state index contributed by atoms with van der Waals surface area (Å²) in [5.41, 5.74) is 0. The van der Waals surface area contributed by atoms with Crippen LogP contribution in [0, 0.1) is 9.39 Å². The Balaban J connectivity index is 2.22. The molecule has 0 aliphatic rings. The molecule has 0 saturated carbocycles. The van der Waals surface area contributed by atoms with Gasteiger partial charge in [-0.15, -0.1) is 0 Å². The SMILES string of the molecule is Fc1ccccc1Oc1ncc(I)cn1. The molecule has 5 heteroatoms. The van der Waals surface area contributed by atoms with E-state index in [4.69, 9.17) is 4.74 Å². The maximum absolute atomic E-state index is 13.2. The van der Waals surface area contributed by atoms with Crippen LogP contribution in [-0.2, 0) is 0 Å². The second-order valence-corrected chi connectivity index (χ2v) is 3.96. The maximum atomic E-state index is 13.2. The van der Waals surface area contributed by atoms with Gasteiger partial charge in [0.25, 0.3) is 0 Å². The first-order valence-corrected chi connectivity index (χ1v) is 5.23. The minimum absolute atomic E-state index is 0.124. The zero-order chi connectivity index (χ0) is 10.7. The first kappa shape index (κ1) is 10.3. The normalized spacial score (nSPS) is 10.0. The summed E-state index contributed by atoms with van der Waals surface area (Å²) in [6.07, 6.45) is 3.20. The van der Waals surface area contributed by atoms with E-state index in [1.807, 2.05) is 0 Å². The fourth-order valence-electron chi connectivity index (χ4n) is 0.979. The van der Waals surface area contributed by atoms with E-state index in [-0.39, 0.29) is 11.8 Å². The largest absolute Gasteiger partial charge is 0.421 e. The van der Waals surface area contributed by atoms with Crippen molar-refractivity contribution in [3.63, 3.8) is 0 Å². The minimum Gasteiger partial charge on any atom is -0.421 e. The first-order valence-electron chi connectivity index (χ1n) is 4.15. The Hall–Kier alpha value is -1.24. The van der Waals surface area contributed by atoms with Crippen LogP contribution in [0.2, 0.25) is 0 Å². The van der Waals surface area contributed by atoms with Crippen LogP contribution in [0.25, 0.3) is 0 Å². The lowest BCUT2D eigenvalue weighted by Crippen LogP contribution is -1.93. The molecule has 76 valence electrons. The summed E-state index contributed by atoms with van der Waals surface area (Å²) in [5, 5.41) is 0. The molecule has 0 atom stereocenters. The molecule has 1 aromatic carbocycles. The number of benzene rings is 1. The smallest absolute Gasteiger partial charge is 0.322 e. The number of aromatic nitrogens is 2. The summed E-state index contributed by atoms with van der Waals surface area (Å²) < 4.78 is 19.2. The van der Waals surface area contributed by atoms with Crippen molar-refractivity contribution in [1.29, 1.82) is 0 Å². The highest BCUT2D eigenvalue weighted by Gasteiger charge is 2.04. The van der Waals surface area contributed by atoms with Gasteiger partial charge in [-0.05, 0) is 34.7 Å². The van der Waals surface area contributed by atoms with Crippen molar-refractivity contribution in [3.05, 3.63) is 46.0 Å². The molecular weight excluding hydrogens is 310 g/mol. The molecule has 3 nitrogen and oxygen atoms in total. The fraction of sp³-hybridized carbons (Fsp3) is 0. The molecule has 0 fully saturated rings. The predicted octanol–water partition coefficient (Wildman–Crippen LogP) is 3.01. The predicted molar refractivity (Wildman–Crippen MR) is 61.2 cm³/mol. The van der Waals surface area contributed by atoms with Gasteiger partial charge in [-0.3, -0.25) is 0 Å². The van der Waals surface area contributed by atoms with E-state index >= 15 is 0 Å². The van der Waals surface area contributed by atoms with Gasteiger partial charge in [-0.1, -0.05) is 12.1 Å². The van der Waals surface area contributed by atoms with E-state index in [2.05, 4.69) is 32.6 Å². The molecule has 0 unspecified atom stereocenters. The lowest BCUT2D eigenvalue weighted by atomic mass is 10.3. The van der Waals surface area contributed by atoms with Gasteiger partial charge in [0, 0.05) is 16.0 Å². The highest BCUT2D eigenvalue weighted by molar-refractivity contribution is 14.1. The van der Waals surface area contributed by atoms with Crippen molar-refractivity contribution in [2.75, 3.05) is 0 Å². The Morgan fingerprint density at radius 3 is 2.47 bits per heavy atom. The molecule has 0 N–H and O–H groups in total. The average molecular weight is 316 g/mol. The zero-order valence-corrected chi connectivity index (χ0v) is 9.68. The van der Waals surface area contributed by atoms with Gasteiger partial charge in [0.05, 0.1) is 0 Å². The minimum atomic E-state index is -0.431. The lowest BCUT2D eigenvalue weighted by molar-refractivity contribution is 0.410. The molecule has 1 aromatic heterocycles. The van der Waals surface area contributed by atoms with Crippen molar-refractivity contribution in [1.82, 2.24) is 9.97 Å². The van der Waals surface area contributed by atoms with Crippen LogP contribution < -0.4 is 4.74 Å². The summed E-state index contributed by atoms with van der Waals surface area (Å²) in [6.45, 7) is 0. The molecule has 2 rings (SSSR count). The van der Waals surface area contributed by atoms with Crippen molar-refractivity contribution in [2.24, 2.45) is 0 Å². The van der Waals surface area contributed by atoms with Crippen LogP contribution in [0.5, 0.6) is 11.8 Å². The lowest BCUT2D eigenvalue weighted by Gasteiger charge is -2.03. The van der Waals surface area contributed by atoms with Crippen LogP contribution in [0.15, 0.2) is 36.7 Å². The third-order valence-electron chi connectivity index (χ3n) is 1.63. The Morgan fingerprint density at radius 2 is 1.80 bits per heavy atom. The molecular formula is C10H6FIN2O. The van der Waals surface area contributed by atoms with Crippen LogP contribution in [0.1, 0.15) is 0 Å². The van der Waals surface area contributed by atoms with E-state index in [1.54, 1.807) is 24.5 Å². The zero-order valence-electron chi connectivity index (χ0n) is 7.52. The number of rotatable bonds is 2. The topological polar surface area (TPSA) is 35.0 Å². The second kappa shape index (κ2) is 4.52. The van der Waals surface area contributed by atoms with Crippen LogP contribution in [-0.4, -0.2) is 9.97 Å². The van der Waals surface area contributed by atoms with Crippen LogP contribution in [0.3, 0.4) is 0 Å². The van der Waals surface area contributed by atoms with Gasteiger partial charge < -0.3 is 4.74 Å². The van der Waals surface area contributed by atoms with Gasteiger partial charge in [-0.2, -0.15) is 0 Å². The Kier molecular flexibility index (Phi) is 3.10. The van der Waals surface area contributed by atoms with Crippen molar-refractivity contribution < 1.29 is 9.13 Å². The van der Waals surface area contributed by atoms with E-state index in [0.717, 1.165) is 3.57 Å². The van der Waals surface area contributed by atoms with Gasteiger partial charge in [0.15, 0.2) is 11.6 Å². The number of para-hydroxylation sites is 1. The summed E-state index contributed by atoms with van der Waals surface area (Å²) in [6, 6.07) is 6.27. The Labute approximate surface area is 99.5 Å². The van der Waals surface area contributed by atoms with Crippen molar-refractivity contribution in [2.45, 2.75) is 0 Å². The molecule has 0 aliphatic heterocycles. The summed E-state index contributed by atoms with van der Waals surface area (Å²) in [5.74, 6) is -0.307. The summed E-state index contributed by atoms with van der Waals surface area (Å²) in [7, 11) is 0. The molecule has 2 aromatic rings. The monoisotopic (exact) mass is 316 g/mol. The fourth-order valence-corrected chi connectivity index (χ4v) is 1.26. The standard InChI is InChI=1S/C10H6FIN2O/c11-8-3-1-2-4-9(8)15-10-13-5-7(12)6-14-10/h1-6H. The first-order chi connectivity index (χ1) is 7.25. The molecule has 0 aliphatic carbocycles. The van der Waals surface area contributed by atoms with E-state index < -0.39 is 5.82 Å². The molecule has 0 amide bonds. The molecule has 1 heterocycles. The highest BCUT2D eigenvalue weighted by Crippen LogP contribution is 2.20. The molecule has 0 spiro atoms. The van der Waals surface area contributed by atoms with Gasteiger partial charge in [0.2, 0.25) is 0 Å². The quantitative estimate of drug-likeness (QED) is 0.799. The number of hydrogen-bond acceptors (Lipinski definition) is 3. The van der Waals surface area contributed by atoms with E-state index in [1.165, 1.54) is 12.1 Å². The summed E-state index contributed by atoms with van der Waals surface area (Å²) in [4.78, 5) is 7.81. The number of nitrogens with zero attached hydrogens (tertiary/aromatic N) is 2. The molecule has 0 bridgehead atoms. The third kappa shape index (κ3) is 2.62. The average Bonchev–Trinajstić information content (AvgIpc) is 2.25. The van der Waals surface area contributed by atoms with Gasteiger partial charge in [-0.25, -0.2) is 14.4 Å². The third-order valence-corrected chi connectivity index (χ3v) is 2.19. The second-order valence-electron chi connectivity index (χ2n) is 2.72. The van der Waals surface area contributed by atoms with Gasteiger partial charge >= 0.3 is 6.01 Å². The molecule has 0 saturated heterocycles. The van der Waals surface area contributed by atoms with Gasteiger partial charge in [0.1, 0.15) is 0 Å². The number of ether oxygens (including phenoxy) is 1. The van der Waals surface area contributed by atoms with Crippen molar-refractivity contribution >= 4 is 22.6 Å². The number of halogens is 2. The van der Waals surface area contributed by atoms with E-state index in [9.17, 15) is 4.39 Å².